The topological polar surface area (TPSA) is 3.24 Å². The third-order valence-electron chi connectivity index (χ3n) is 2.79. The minimum absolute atomic E-state index is 0.886. The first-order valence-corrected chi connectivity index (χ1v) is 4.96. The lowest BCUT2D eigenvalue weighted by molar-refractivity contribution is 0.304. The van der Waals surface area contributed by atoms with Crippen LogP contribution in [0.1, 0.15) is 33.6 Å². The summed E-state index contributed by atoms with van der Waals surface area (Å²) in [5, 5.41) is 0. The Labute approximate surface area is 70.8 Å². The molecule has 0 N–H and O–H groups in total. The van der Waals surface area contributed by atoms with Gasteiger partial charge in [0.25, 0.3) is 0 Å². The minimum Gasteiger partial charge on any atom is -0.303 e. The molecule has 66 valence electrons. The molecule has 1 unspecified atom stereocenters. The highest BCUT2D eigenvalue weighted by molar-refractivity contribution is 4.76. The molecule has 0 saturated carbocycles. The summed E-state index contributed by atoms with van der Waals surface area (Å²) in [7, 11) is 0. The summed E-state index contributed by atoms with van der Waals surface area (Å²) in [6.45, 7) is 11.0. The van der Waals surface area contributed by atoms with Crippen molar-refractivity contribution in [1.29, 1.82) is 0 Å². The highest BCUT2D eigenvalue weighted by atomic mass is 15.1. The Balaban J connectivity index is 2.23. The lowest BCUT2D eigenvalue weighted by Gasteiger charge is -2.16. The van der Waals surface area contributed by atoms with E-state index in [0.717, 1.165) is 11.8 Å². The van der Waals surface area contributed by atoms with Gasteiger partial charge in [0.2, 0.25) is 0 Å². The van der Waals surface area contributed by atoms with Gasteiger partial charge < -0.3 is 4.90 Å². The first-order chi connectivity index (χ1) is 5.24. The Kier molecular flexibility index (Phi) is 3.38. The van der Waals surface area contributed by atoms with Crippen LogP contribution in [0.3, 0.4) is 0 Å². The molecule has 0 spiro atoms. The number of nitrogens with zero attached hydrogens (tertiary/aromatic N) is 1. The van der Waals surface area contributed by atoms with Gasteiger partial charge >= 0.3 is 0 Å². The summed E-state index contributed by atoms with van der Waals surface area (Å²) in [5.74, 6) is 1.86. The fourth-order valence-corrected chi connectivity index (χ4v) is 1.93. The van der Waals surface area contributed by atoms with Crippen molar-refractivity contribution in [2.24, 2.45) is 11.8 Å². The van der Waals surface area contributed by atoms with Gasteiger partial charge in [0.15, 0.2) is 0 Å². The molecule has 0 amide bonds. The first-order valence-electron chi connectivity index (χ1n) is 4.96. The number of hydrogen-bond donors (Lipinski definition) is 0. The van der Waals surface area contributed by atoms with E-state index in [-0.39, 0.29) is 0 Å². The van der Waals surface area contributed by atoms with Gasteiger partial charge in [-0.2, -0.15) is 0 Å². The molecular formula is C10H21N. The molecule has 0 aliphatic carbocycles. The van der Waals surface area contributed by atoms with E-state index in [9.17, 15) is 0 Å². The van der Waals surface area contributed by atoms with Crippen LogP contribution in [0.5, 0.6) is 0 Å². The maximum absolute atomic E-state index is 2.60. The molecule has 1 aliphatic heterocycles. The van der Waals surface area contributed by atoms with Gasteiger partial charge in [-0.05, 0) is 37.8 Å². The summed E-state index contributed by atoms with van der Waals surface area (Å²) < 4.78 is 0. The van der Waals surface area contributed by atoms with Crippen molar-refractivity contribution in [3.8, 4) is 0 Å². The second kappa shape index (κ2) is 4.10. The van der Waals surface area contributed by atoms with Gasteiger partial charge in [0.05, 0.1) is 0 Å². The van der Waals surface area contributed by atoms with Gasteiger partial charge in [-0.15, -0.1) is 0 Å². The van der Waals surface area contributed by atoms with E-state index in [4.69, 9.17) is 0 Å². The molecule has 0 aromatic carbocycles. The van der Waals surface area contributed by atoms with Crippen molar-refractivity contribution in [3.05, 3.63) is 0 Å². The van der Waals surface area contributed by atoms with E-state index in [0.29, 0.717) is 0 Å². The molecule has 0 bridgehead atoms. The normalized spacial score (nSPS) is 26.7. The smallest absolute Gasteiger partial charge is 0.00126 e. The maximum atomic E-state index is 2.60. The second-order valence-corrected chi connectivity index (χ2v) is 4.09. The van der Waals surface area contributed by atoms with Crippen molar-refractivity contribution in [1.82, 2.24) is 4.90 Å². The Morgan fingerprint density at radius 2 is 2.18 bits per heavy atom. The monoisotopic (exact) mass is 155 g/mol. The predicted octanol–water partition coefficient (Wildman–Crippen LogP) is 2.37. The second-order valence-electron chi connectivity index (χ2n) is 4.09. The fraction of sp³-hybridized carbons (Fsp3) is 1.00. The van der Waals surface area contributed by atoms with Crippen molar-refractivity contribution < 1.29 is 0 Å². The van der Waals surface area contributed by atoms with E-state index in [1.54, 1.807) is 0 Å². The van der Waals surface area contributed by atoms with Crippen LogP contribution in [-0.4, -0.2) is 24.5 Å². The molecule has 0 radical (unpaired) electrons. The molecule has 1 saturated heterocycles. The largest absolute Gasteiger partial charge is 0.303 e. The standard InChI is InChI=1S/C10H21N/c1-4-6-11-7-5-10(8-11)9(2)3/h9-10H,4-8H2,1-3H3. The zero-order chi connectivity index (χ0) is 8.27. The first kappa shape index (κ1) is 9.05. The average molecular weight is 155 g/mol. The summed E-state index contributed by atoms with van der Waals surface area (Å²) in [6, 6.07) is 0. The lowest BCUT2D eigenvalue weighted by Crippen LogP contribution is -2.22. The molecule has 0 aromatic rings. The van der Waals surface area contributed by atoms with Crippen molar-refractivity contribution in [2.75, 3.05) is 19.6 Å². The molecule has 1 rings (SSSR count). The fourth-order valence-electron chi connectivity index (χ4n) is 1.93. The molecule has 1 aliphatic rings. The van der Waals surface area contributed by atoms with Crippen LogP contribution in [0.4, 0.5) is 0 Å². The van der Waals surface area contributed by atoms with Crippen molar-refractivity contribution >= 4 is 0 Å². The van der Waals surface area contributed by atoms with E-state index >= 15 is 0 Å². The third-order valence-corrected chi connectivity index (χ3v) is 2.79. The molecule has 1 nitrogen and oxygen atoms in total. The number of likely N-dealkylation sites (tertiary alicyclic amines) is 1. The van der Waals surface area contributed by atoms with Gasteiger partial charge in [0, 0.05) is 6.54 Å². The van der Waals surface area contributed by atoms with E-state index in [1.807, 2.05) is 0 Å². The predicted molar refractivity (Wildman–Crippen MR) is 49.7 cm³/mol. The van der Waals surface area contributed by atoms with Gasteiger partial charge in [-0.25, -0.2) is 0 Å². The number of hydrogen-bond acceptors (Lipinski definition) is 1. The van der Waals surface area contributed by atoms with Crippen LogP contribution >= 0.6 is 0 Å². The summed E-state index contributed by atoms with van der Waals surface area (Å²) in [5.41, 5.74) is 0. The highest BCUT2D eigenvalue weighted by Gasteiger charge is 2.23. The Morgan fingerprint density at radius 1 is 1.45 bits per heavy atom. The van der Waals surface area contributed by atoms with Crippen molar-refractivity contribution in [2.45, 2.75) is 33.6 Å². The molecule has 1 heteroatoms. The Hall–Kier alpha value is -0.0400. The van der Waals surface area contributed by atoms with Gasteiger partial charge in [-0.3, -0.25) is 0 Å². The van der Waals surface area contributed by atoms with Crippen LogP contribution in [0.2, 0.25) is 0 Å². The SMILES string of the molecule is CCCN1CCC(C(C)C)C1. The molecule has 11 heavy (non-hydrogen) atoms. The van der Waals surface area contributed by atoms with Crippen LogP contribution in [-0.2, 0) is 0 Å². The van der Waals surface area contributed by atoms with Gasteiger partial charge in [-0.1, -0.05) is 20.8 Å². The quantitative estimate of drug-likeness (QED) is 0.605. The summed E-state index contributed by atoms with van der Waals surface area (Å²) >= 11 is 0. The van der Waals surface area contributed by atoms with Crippen molar-refractivity contribution in [3.63, 3.8) is 0 Å². The highest BCUT2D eigenvalue weighted by Crippen LogP contribution is 2.23. The summed E-state index contributed by atoms with van der Waals surface area (Å²) in [4.78, 5) is 2.60. The zero-order valence-corrected chi connectivity index (χ0v) is 8.14. The average Bonchev–Trinajstić information content (AvgIpc) is 2.37. The molecular weight excluding hydrogens is 134 g/mol. The van der Waals surface area contributed by atoms with E-state index < -0.39 is 0 Å². The Morgan fingerprint density at radius 3 is 2.64 bits per heavy atom. The molecule has 1 fully saturated rings. The van der Waals surface area contributed by atoms with Crippen LogP contribution in [0, 0.1) is 11.8 Å². The molecule has 0 aromatic heterocycles. The van der Waals surface area contributed by atoms with Crippen LogP contribution in [0.15, 0.2) is 0 Å². The number of rotatable bonds is 3. The summed E-state index contributed by atoms with van der Waals surface area (Å²) in [6.07, 6.45) is 2.74. The van der Waals surface area contributed by atoms with E-state index in [2.05, 4.69) is 25.7 Å². The zero-order valence-electron chi connectivity index (χ0n) is 8.14. The molecule has 1 atom stereocenters. The molecule has 1 heterocycles. The maximum Gasteiger partial charge on any atom is 0.00126 e. The third kappa shape index (κ3) is 2.48. The van der Waals surface area contributed by atoms with Gasteiger partial charge in [0.1, 0.15) is 0 Å². The van der Waals surface area contributed by atoms with Crippen LogP contribution in [0.25, 0.3) is 0 Å². The Bertz CT molecular complexity index is 109. The van der Waals surface area contributed by atoms with Crippen LogP contribution < -0.4 is 0 Å². The van der Waals surface area contributed by atoms with E-state index in [1.165, 1.54) is 32.5 Å². The lowest BCUT2D eigenvalue weighted by atomic mass is 9.95. The minimum atomic E-state index is 0.886.